The van der Waals surface area contributed by atoms with Crippen molar-refractivity contribution in [1.82, 2.24) is 0 Å². The predicted octanol–water partition coefficient (Wildman–Crippen LogP) is 4.15. The van der Waals surface area contributed by atoms with E-state index in [-0.39, 0.29) is 17.4 Å². The van der Waals surface area contributed by atoms with Crippen LogP contribution >= 0.6 is 0 Å². The lowest BCUT2D eigenvalue weighted by atomic mass is 9.91. The van der Waals surface area contributed by atoms with Crippen LogP contribution in [0.4, 0.5) is 0 Å². The zero-order valence-electron chi connectivity index (χ0n) is 16.6. The molecule has 0 spiro atoms. The molecule has 0 rings (SSSR count). The quantitative estimate of drug-likeness (QED) is 0.338. The van der Waals surface area contributed by atoms with Gasteiger partial charge in [-0.05, 0) is 47.5 Å². The molecule has 0 aliphatic carbocycles. The summed E-state index contributed by atoms with van der Waals surface area (Å²) in [4.78, 5) is 22.5. The second kappa shape index (κ2) is 13.0. The van der Waals surface area contributed by atoms with Gasteiger partial charge in [0.2, 0.25) is 0 Å². The van der Waals surface area contributed by atoms with Gasteiger partial charge in [0.05, 0.1) is 30.7 Å². The summed E-state index contributed by atoms with van der Waals surface area (Å²) in [7, 11) is 0. The number of hydrogen-bond donors (Lipinski definition) is 0. The van der Waals surface area contributed by atoms with Gasteiger partial charge in [0, 0.05) is 0 Å². The molecule has 5 nitrogen and oxygen atoms in total. The summed E-state index contributed by atoms with van der Waals surface area (Å²) in [5, 5.41) is 0. The maximum atomic E-state index is 11.4. The molecule has 0 unspecified atom stereocenters. The highest BCUT2D eigenvalue weighted by atomic mass is 16.6. The summed E-state index contributed by atoms with van der Waals surface area (Å²) < 4.78 is 15.0. The van der Waals surface area contributed by atoms with Crippen molar-refractivity contribution in [2.45, 2.75) is 61.3 Å². The van der Waals surface area contributed by atoms with Gasteiger partial charge >= 0.3 is 11.9 Å². The van der Waals surface area contributed by atoms with E-state index in [0.29, 0.717) is 26.4 Å². The van der Waals surface area contributed by atoms with E-state index in [1.807, 2.05) is 48.5 Å². The van der Waals surface area contributed by atoms with Crippen molar-refractivity contribution in [3.05, 3.63) is 12.7 Å². The number of ether oxygens (including phenoxy) is 3. The Labute approximate surface area is 147 Å². The average Bonchev–Trinajstić information content (AvgIpc) is 2.55. The van der Waals surface area contributed by atoms with Crippen molar-refractivity contribution in [1.29, 1.82) is 0 Å². The van der Waals surface area contributed by atoms with Gasteiger partial charge in [0.15, 0.2) is 0 Å². The largest absolute Gasteiger partial charge is 0.466 e. The molecule has 0 aliphatic rings. The molecule has 24 heavy (non-hydrogen) atoms. The van der Waals surface area contributed by atoms with Crippen LogP contribution in [0.5, 0.6) is 0 Å². The second-order valence-electron chi connectivity index (χ2n) is 6.69. The zero-order chi connectivity index (χ0) is 19.2. The molecule has 0 aromatic rings. The van der Waals surface area contributed by atoms with Gasteiger partial charge in [0.1, 0.15) is 6.61 Å². The number of carbonyl (C=O) groups is 2. The number of rotatable bonds is 10. The fourth-order valence-corrected chi connectivity index (χ4v) is 1.17. The summed E-state index contributed by atoms with van der Waals surface area (Å²) in [6.45, 7) is 18.5. The monoisotopic (exact) mass is 344 g/mol. The highest BCUT2D eigenvalue weighted by Gasteiger charge is 2.27. The van der Waals surface area contributed by atoms with Crippen LogP contribution in [0.25, 0.3) is 0 Å². The van der Waals surface area contributed by atoms with Crippen molar-refractivity contribution < 1.29 is 23.8 Å². The molecule has 0 radical (unpaired) electrons. The standard InChI is InChI=1S/C11H20O3.C8H16O2/c1-5-7-13-8-9-14-10(12)11(3,4)6-2;1-5-8(3,4)7(9)10-6-2/h5H,1,6-9H2,2-4H3;5-6H2,1-4H3. The van der Waals surface area contributed by atoms with Gasteiger partial charge in [0.25, 0.3) is 0 Å². The van der Waals surface area contributed by atoms with E-state index in [1.54, 1.807) is 6.08 Å². The molecule has 0 atom stereocenters. The Morgan fingerprint density at radius 3 is 1.71 bits per heavy atom. The maximum absolute atomic E-state index is 11.4. The minimum absolute atomic E-state index is 0.0995. The topological polar surface area (TPSA) is 61.8 Å². The molecule has 0 heterocycles. The second-order valence-corrected chi connectivity index (χ2v) is 6.69. The molecule has 0 saturated carbocycles. The Kier molecular flexibility index (Phi) is 13.5. The first-order chi connectivity index (χ1) is 11.1. The minimum atomic E-state index is -0.390. The first-order valence-corrected chi connectivity index (χ1v) is 8.62. The Balaban J connectivity index is 0. The summed E-state index contributed by atoms with van der Waals surface area (Å²) >= 11 is 0. The number of hydrogen-bond acceptors (Lipinski definition) is 5. The Bertz CT molecular complexity index is 372. The van der Waals surface area contributed by atoms with Crippen LogP contribution < -0.4 is 0 Å². The van der Waals surface area contributed by atoms with Crippen LogP contribution in [0.3, 0.4) is 0 Å². The highest BCUT2D eigenvalue weighted by molar-refractivity contribution is 5.76. The van der Waals surface area contributed by atoms with Crippen molar-refractivity contribution >= 4 is 11.9 Å². The number of esters is 2. The van der Waals surface area contributed by atoms with Crippen LogP contribution in [0.2, 0.25) is 0 Å². The average molecular weight is 344 g/mol. The van der Waals surface area contributed by atoms with E-state index in [2.05, 4.69) is 6.58 Å². The zero-order valence-corrected chi connectivity index (χ0v) is 16.6. The Hall–Kier alpha value is -1.36. The van der Waals surface area contributed by atoms with Crippen molar-refractivity contribution in [2.24, 2.45) is 10.8 Å². The van der Waals surface area contributed by atoms with Crippen LogP contribution in [0.1, 0.15) is 61.3 Å². The summed E-state index contributed by atoms with van der Waals surface area (Å²) in [5.41, 5.74) is -0.700. The van der Waals surface area contributed by atoms with Gasteiger partial charge in [-0.3, -0.25) is 9.59 Å². The van der Waals surface area contributed by atoms with Gasteiger partial charge in [-0.25, -0.2) is 0 Å². The predicted molar refractivity (Wildman–Crippen MR) is 96.8 cm³/mol. The smallest absolute Gasteiger partial charge is 0.311 e. The van der Waals surface area contributed by atoms with Crippen molar-refractivity contribution in [3.8, 4) is 0 Å². The first-order valence-electron chi connectivity index (χ1n) is 8.62. The highest BCUT2D eigenvalue weighted by Crippen LogP contribution is 2.21. The van der Waals surface area contributed by atoms with Gasteiger partial charge in [-0.2, -0.15) is 0 Å². The van der Waals surface area contributed by atoms with Crippen molar-refractivity contribution in [3.63, 3.8) is 0 Å². The summed E-state index contributed by atoms with van der Waals surface area (Å²) in [5.74, 6) is -0.264. The van der Waals surface area contributed by atoms with Gasteiger partial charge in [-0.1, -0.05) is 19.9 Å². The van der Waals surface area contributed by atoms with E-state index in [0.717, 1.165) is 12.8 Å². The Morgan fingerprint density at radius 2 is 1.33 bits per heavy atom. The van der Waals surface area contributed by atoms with Gasteiger partial charge < -0.3 is 14.2 Å². The lowest BCUT2D eigenvalue weighted by molar-refractivity contribution is -0.155. The molecule has 0 aliphatic heterocycles. The summed E-state index contributed by atoms with van der Waals surface area (Å²) in [6.07, 6.45) is 3.27. The summed E-state index contributed by atoms with van der Waals surface area (Å²) in [6, 6.07) is 0. The third kappa shape index (κ3) is 11.2. The third-order valence-corrected chi connectivity index (χ3v) is 3.84. The molecule has 142 valence electrons. The molecule has 0 bridgehead atoms. The van der Waals surface area contributed by atoms with Crippen LogP contribution in [0.15, 0.2) is 12.7 Å². The van der Waals surface area contributed by atoms with Crippen LogP contribution in [-0.2, 0) is 23.8 Å². The molecule has 5 heteroatoms. The lowest BCUT2D eigenvalue weighted by Gasteiger charge is -2.20. The normalized spacial score (nSPS) is 11.1. The van der Waals surface area contributed by atoms with E-state index >= 15 is 0 Å². The van der Waals surface area contributed by atoms with Gasteiger partial charge in [-0.15, -0.1) is 6.58 Å². The molecule has 0 aromatic heterocycles. The number of carbonyl (C=O) groups excluding carboxylic acids is 2. The van der Waals surface area contributed by atoms with Crippen molar-refractivity contribution in [2.75, 3.05) is 26.4 Å². The molecular formula is C19H36O5. The van der Waals surface area contributed by atoms with E-state index in [9.17, 15) is 9.59 Å². The molecule has 0 saturated heterocycles. The molecular weight excluding hydrogens is 308 g/mol. The minimum Gasteiger partial charge on any atom is -0.466 e. The fourth-order valence-electron chi connectivity index (χ4n) is 1.17. The Morgan fingerprint density at radius 1 is 0.875 bits per heavy atom. The van der Waals surface area contributed by atoms with Crippen LogP contribution in [-0.4, -0.2) is 38.4 Å². The molecule has 0 aromatic carbocycles. The third-order valence-electron chi connectivity index (χ3n) is 3.84. The molecule has 0 amide bonds. The fraction of sp³-hybridized carbons (Fsp3) is 0.789. The van der Waals surface area contributed by atoms with Crippen LogP contribution in [0, 0.1) is 10.8 Å². The first kappa shape index (κ1) is 24.9. The van der Waals surface area contributed by atoms with E-state index in [1.165, 1.54) is 0 Å². The molecule has 0 N–H and O–H groups in total. The van der Waals surface area contributed by atoms with E-state index in [4.69, 9.17) is 14.2 Å². The SMILES string of the molecule is C=CCOCCOC(=O)C(C)(C)CC.CCOC(=O)C(C)(C)CC. The lowest BCUT2D eigenvalue weighted by Crippen LogP contribution is -2.27. The molecule has 0 fully saturated rings. The maximum Gasteiger partial charge on any atom is 0.311 e. The van der Waals surface area contributed by atoms with E-state index < -0.39 is 5.41 Å².